The highest BCUT2D eigenvalue weighted by molar-refractivity contribution is 7.10. The fourth-order valence-electron chi connectivity index (χ4n) is 5.55. The van der Waals surface area contributed by atoms with Gasteiger partial charge in [0, 0.05) is 36.8 Å². The molecule has 4 bridgehead atoms. The van der Waals surface area contributed by atoms with Gasteiger partial charge in [0.2, 0.25) is 11.8 Å². The third-order valence-electron chi connectivity index (χ3n) is 8.04. The lowest BCUT2D eigenvalue weighted by atomic mass is 10.0. The fraction of sp³-hybridized carbons (Fsp3) is 0.455. The van der Waals surface area contributed by atoms with Crippen LogP contribution in [-0.2, 0) is 20.8 Å². The van der Waals surface area contributed by atoms with Crippen molar-refractivity contribution in [1.82, 2.24) is 41.0 Å². The first-order valence-corrected chi connectivity index (χ1v) is 18.0. The molecule has 2 aromatic heterocycles. The standard InChI is InChI=1S/C33H40N8O6S2/c1-20(2)14-22-31-39-25(19-49-31)30(46)37-23(15-21-8-4-3-5-9-21)32-38-24(18-48-32)29(45)34-11-7-13-40(12-6-10-26(42)36-22)28(44)17-41-27(43)16-35-33(41)47/h3-5,8-9,18-20,22-23H,6-7,10-17H2,1-2H3,(H,34,45)(H,35,47)(H,36,42)(H,37,46)/t22-,23-/m0/s1. The van der Waals surface area contributed by atoms with Gasteiger partial charge in [-0.3, -0.25) is 28.9 Å². The smallest absolute Gasteiger partial charge is 0.325 e. The van der Waals surface area contributed by atoms with Crippen LogP contribution in [0.15, 0.2) is 41.1 Å². The fourth-order valence-corrected chi connectivity index (χ4v) is 7.26. The van der Waals surface area contributed by atoms with Crippen LogP contribution in [0, 0.1) is 5.92 Å². The molecule has 2 atom stereocenters. The zero-order valence-corrected chi connectivity index (χ0v) is 29.0. The molecular weight excluding hydrogens is 669 g/mol. The van der Waals surface area contributed by atoms with E-state index in [1.165, 1.54) is 27.6 Å². The number of benzene rings is 1. The summed E-state index contributed by atoms with van der Waals surface area (Å²) in [7, 11) is 0. The van der Waals surface area contributed by atoms with Crippen molar-refractivity contribution in [2.45, 2.75) is 58.0 Å². The summed E-state index contributed by atoms with van der Waals surface area (Å²) < 4.78 is 0. The third kappa shape index (κ3) is 9.69. The number of hydrogen-bond donors (Lipinski definition) is 4. The first-order valence-electron chi connectivity index (χ1n) is 16.3. The van der Waals surface area contributed by atoms with Crippen molar-refractivity contribution in [3.05, 3.63) is 68.1 Å². The number of fused-ring (bicyclic) bond motifs is 4. The third-order valence-corrected chi connectivity index (χ3v) is 9.96. The van der Waals surface area contributed by atoms with Gasteiger partial charge in [-0.2, -0.15) is 0 Å². The molecule has 5 rings (SSSR count). The van der Waals surface area contributed by atoms with E-state index in [-0.39, 0.29) is 61.7 Å². The average molecular weight is 709 g/mol. The summed E-state index contributed by atoms with van der Waals surface area (Å²) in [6.07, 6.45) is 1.88. The molecule has 1 fully saturated rings. The summed E-state index contributed by atoms with van der Waals surface area (Å²) in [6.45, 7) is 4.17. The van der Waals surface area contributed by atoms with E-state index in [9.17, 15) is 28.8 Å². The number of hydrogen-bond acceptors (Lipinski definition) is 10. The van der Waals surface area contributed by atoms with Crippen molar-refractivity contribution in [2.24, 2.45) is 5.92 Å². The summed E-state index contributed by atoms with van der Waals surface area (Å²) in [5, 5.41) is 15.9. The topological polar surface area (TPSA) is 183 Å². The van der Waals surface area contributed by atoms with Crippen molar-refractivity contribution in [3.63, 3.8) is 0 Å². The van der Waals surface area contributed by atoms with Crippen LogP contribution in [-0.4, -0.2) is 88.1 Å². The van der Waals surface area contributed by atoms with Crippen LogP contribution < -0.4 is 21.3 Å². The molecule has 14 nitrogen and oxygen atoms in total. The van der Waals surface area contributed by atoms with Gasteiger partial charge in [0.1, 0.15) is 27.9 Å². The second-order valence-corrected chi connectivity index (χ2v) is 14.1. The molecule has 2 aliphatic rings. The van der Waals surface area contributed by atoms with Crippen LogP contribution in [0.1, 0.15) is 88.2 Å². The normalized spacial score (nSPS) is 19.9. The summed E-state index contributed by atoms with van der Waals surface area (Å²) in [5.74, 6) is -1.70. The van der Waals surface area contributed by atoms with Gasteiger partial charge < -0.3 is 26.2 Å². The molecule has 0 saturated carbocycles. The lowest BCUT2D eigenvalue weighted by Crippen LogP contribution is -2.44. The highest BCUT2D eigenvalue weighted by Gasteiger charge is 2.32. The Bertz CT molecular complexity index is 1660. The molecule has 0 radical (unpaired) electrons. The first-order chi connectivity index (χ1) is 23.6. The van der Waals surface area contributed by atoms with E-state index >= 15 is 0 Å². The SMILES string of the molecule is CC(C)C[C@@H]1NC(=O)CCCN(C(=O)CN2C(=O)CNC2=O)CCCNC(=O)c2csc(n2)[C@H](Cc2ccccc2)NC(=O)c2csc1n2. The maximum Gasteiger partial charge on any atom is 0.325 e. The van der Waals surface area contributed by atoms with E-state index in [1.807, 2.05) is 44.2 Å². The van der Waals surface area contributed by atoms with Gasteiger partial charge in [-0.25, -0.2) is 14.8 Å². The van der Waals surface area contributed by atoms with E-state index < -0.39 is 42.4 Å². The molecule has 0 aliphatic carbocycles. The Hall–Kier alpha value is -4.70. The number of rotatable bonds is 6. The molecule has 0 unspecified atom stereocenters. The highest BCUT2D eigenvalue weighted by Crippen LogP contribution is 2.27. The Morgan fingerprint density at radius 1 is 0.878 bits per heavy atom. The van der Waals surface area contributed by atoms with E-state index in [2.05, 4.69) is 31.2 Å². The predicted molar refractivity (Wildman–Crippen MR) is 183 cm³/mol. The zero-order chi connectivity index (χ0) is 34.9. The quantitative estimate of drug-likeness (QED) is 0.282. The lowest BCUT2D eigenvalue weighted by Gasteiger charge is -2.25. The summed E-state index contributed by atoms with van der Waals surface area (Å²) in [4.78, 5) is 88.7. The molecule has 260 valence electrons. The van der Waals surface area contributed by atoms with Gasteiger partial charge in [-0.05, 0) is 37.2 Å². The summed E-state index contributed by atoms with van der Waals surface area (Å²) >= 11 is 2.57. The van der Waals surface area contributed by atoms with Gasteiger partial charge in [-0.15, -0.1) is 22.7 Å². The molecule has 7 amide bonds. The van der Waals surface area contributed by atoms with Crippen LogP contribution in [0.2, 0.25) is 0 Å². The largest absolute Gasteiger partial charge is 0.351 e. The minimum Gasteiger partial charge on any atom is -0.351 e. The van der Waals surface area contributed by atoms with Crippen molar-refractivity contribution in [3.8, 4) is 0 Å². The Labute approximate surface area is 292 Å². The maximum absolute atomic E-state index is 13.5. The van der Waals surface area contributed by atoms with Crippen molar-refractivity contribution in [1.29, 1.82) is 0 Å². The summed E-state index contributed by atoms with van der Waals surface area (Å²) in [5.41, 5.74) is 1.41. The predicted octanol–water partition coefficient (Wildman–Crippen LogP) is 2.81. The molecule has 3 aromatic rings. The van der Waals surface area contributed by atoms with Gasteiger partial charge in [0.25, 0.3) is 17.7 Å². The number of amides is 7. The Kier molecular flexibility index (Phi) is 12.1. The molecule has 4 heterocycles. The Morgan fingerprint density at radius 3 is 2.22 bits per heavy atom. The van der Waals surface area contributed by atoms with Crippen LogP contribution in [0.25, 0.3) is 0 Å². The Balaban J connectivity index is 1.38. The van der Waals surface area contributed by atoms with Crippen molar-refractivity contribution < 1.29 is 28.8 Å². The van der Waals surface area contributed by atoms with Gasteiger partial charge in [0.15, 0.2) is 0 Å². The molecule has 0 spiro atoms. The van der Waals surface area contributed by atoms with Crippen LogP contribution in [0.3, 0.4) is 0 Å². The van der Waals surface area contributed by atoms with E-state index in [0.29, 0.717) is 35.7 Å². The number of carbonyl (C=O) groups excluding carboxylic acids is 6. The molecule has 1 aromatic carbocycles. The van der Waals surface area contributed by atoms with Gasteiger partial charge in [-0.1, -0.05) is 44.2 Å². The number of aromatic nitrogens is 2. The molecule has 16 heteroatoms. The highest BCUT2D eigenvalue weighted by atomic mass is 32.1. The van der Waals surface area contributed by atoms with Crippen LogP contribution in [0.4, 0.5) is 4.79 Å². The average Bonchev–Trinajstić information content (AvgIpc) is 3.83. The lowest BCUT2D eigenvalue weighted by molar-refractivity contribution is -0.136. The second-order valence-electron chi connectivity index (χ2n) is 12.3. The molecular formula is C33H40N8O6S2. The van der Waals surface area contributed by atoms with Crippen molar-refractivity contribution >= 4 is 58.2 Å². The number of thiazole rings is 2. The van der Waals surface area contributed by atoms with Crippen molar-refractivity contribution in [2.75, 3.05) is 32.7 Å². The molecule has 1 saturated heterocycles. The first kappa shape index (κ1) is 35.6. The Morgan fingerprint density at radius 2 is 1.55 bits per heavy atom. The van der Waals surface area contributed by atoms with Gasteiger partial charge >= 0.3 is 6.03 Å². The minimum atomic E-state index is -0.624. The van der Waals surface area contributed by atoms with Crippen LogP contribution >= 0.6 is 22.7 Å². The number of carbonyl (C=O) groups is 6. The van der Waals surface area contributed by atoms with Crippen LogP contribution in [0.5, 0.6) is 0 Å². The minimum absolute atomic E-state index is 0.115. The monoisotopic (exact) mass is 708 g/mol. The number of nitrogens with zero attached hydrogens (tertiary/aromatic N) is 4. The number of urea groups is 1. The van der Waals surface area contributed by atoms with Gasteiger partial charge in [0.05, 0.1) is 18.6 Å². The molecule has 49 heavy (non-hydrogen) atoms. The summed E-state index contributed by atoms with van der Waals surface area (Å²) in [6, 6.07) is 8.09. The molecule has 4 N–H and O–H groups in total. The maximum atomic E-state index is 13.5. The number of nitrogens with one attached hydrogen (secondary N) is 4. The molecule has 2 aliphatic heterocycles. The second kappa shape index (κ2) is 16.6. The van der Waals surface area contributed by atoms with E-state index in [4.69, 9.17) is 0 Å². The zero-order valence-electron chi connectivity index (χ0n) is 27.4. The van der Waals surface area contributed by atoms with E-state index in [0.717, 1.165) is 10.5 Å². The van der Waals surface area contributed by atoms with E-state index in [1.54, 1.807) is 10.8 Å². The number of imide groups is 1.